The van der Waals surface area contributed by atoms with Gasteiger partial charge in [0.1, 0.15) is 12.3 Å². The number of rotatable bonds is 2. The second kappa shape index (κ2) is 4.40. The first kappa shape index (κ1) is 12.0. The zero-order valence-corrected chi connectivity index (χ0v) is 8.62. The van der Waals surface area contributed by atoms with Crippen LogP contribution in [0.2, 0.25) is 0 Å². The van der Waals surface area contributed by atoms with Gasteiger partial charge in [0, 0.05) is 18.7 Å². The highest BCUT2D eigenvalue weighted by Gasteiger charge is 2.39. The predicted octanol–water partition coefficient (Wildman–Crippen LogP) is -1.53. The van der Waals surface area contributed by atoms with Crippen molar-refractivity contribution in [1.82, 2.24) is 9.55 Å². The minimum atomic E-state index is -2.33. The van der Waals surface area contributed by atoms with Crippen LogP contribution < -0.4 is 11.2 Å². The molecule has 0 aromatic carbocycles. The molecule has 1 unspecified atom stereocenters. The number of hydrogen-bond acceptors (Lipinski definition) is 5. The summed E-state index contributed by atoms with van der Waals surface area (Å²) >= 11 is 0. The van der Waals surface area contributed by atoms with Gasteiger partial charge in [-0.1, -0.05) is 0 Å². The molecule has 3 N–H and O–H groups in total. The summed E-state index contributed by atoms with van der Waals surface area (Å²) in [6, 6.07) is 1.11. The van der Waals surface area contributed by atoms with Crippen molar-refractivity contribution in [3.05, 3.63) is 33.1 Å². The molecule has 1 aliphatic heterocycles. The molecule has 1 aliphatic rings. The van der Waals surface area contributed by atoms with Gasteiger partial charge in [0.05, 0.1) is 6.10 Å². The molecule has 94 valence electrons. The Bertz CT molecular complexity index is 511. The van der Waals surface area contributed by atoms with Crippen molar-refractivity contribution in [1.29, 1.82) is 0 Å². The monoisotopic (exact) mass is 245 g/mol. The maximum absolute atomic E-state index is 12.6. The number of H-pyrrole nitrogens is 1. The van der Waals surface area contributed by atoms with Crippen LogP contribution in [0.3, 0.4) is 0 Å². The van der Waals surface area contributed by atoms with Crippen molar-refractivity contribution in [2.75, 3.05) is 0 Å². The Labute approximate surface area is 94.1 Å². The van der Waals surface area contributed by atoms with E-state index in [1.807, 2.05) is 4.98 Å². The molecule has 1 saturated heterocycles. The van der Waals surface area contributed by atoms with Gasteiger partial charge in [-0.3, -0.25) is 14.3 Å². The number of aromatic amines is 1. The summed E-state index contributed by atoms with van der Waals surface area (Å²) in [5.74, 6) is 0. The third-order valence-electron chi connectivity index (χ3n) is 2.57. The maximum atomic E-state index is 12.6. The molecule has 0 radical (unpaired) electrons. The maximum Gasteiger partial charge on any atom is 0.330 e. The fourth-order valence-electron chi connectivity index (χ4n) is 1.75. The lowest BCUT2D eigenvalue weighted by atomic mass is 10.2. The van der Waals surface area contributed by atoms with Crippen molar-refractivity contribution >= 4 is 0 Å². The average molecular weight is 245 g/mol. The molecule has 1 aromatic heterocycles. The van der Waals surface area contributed by atoms with Crippen LogP contribution in [0, 0.1) is 0 Å². The summed E-state index contributed by atoms with van der Waals surface area (Å²) in [6.07, 6.45) is -4.70. The summed E-state index contributed by atoms with van der Waals surface area (Å²) in [7, 11) is 0. The van der Waals surface area contributed by atoms with Crippen LogP contribution in [-0.4, -0.2) is 38.3 Å². The van der Waals surface area contributed by atoms with E-state index in [0.29, 0.717) is 0 Å². The van der Waals surface area contributed by atoms with Crippen LogP contribution in [0.5, 0.6) is 0 Å². The number of alkyl halides is 1. The first-order valence-electron chi connectivity index (χ1n) is 4.96. The van der Waals surface area contributed by atoms with E-state index >= 15 is 0 Å². The molecular formula is C9H11FN2O5. The highest BCUT2D eigenvalue weighted by atomic mass is 18.2. The Morgan fingerprint density at radius 3 is 2.82 bits per heavy atom. The summed E-state index contributed by atoms with van der Waals surface area (Å²) in [5, 5.41) is 18.1. The van der Waals surface area contributed by atoms with E-state index in [-0.39, 0.29) is 6.42 Å². The molecule has 2 rings (SSSR count). The van der Waals surface area contributed by atoms with E-state index in [2.05, 4.69) is 0 Å². The number of ether oxygens (including phenoxy) is 1. The third kappa shape index (κ3) is 2.28. The minimum absolute atomic E-state index is 0.0441. The van der Waals surface area contributed by atoms with E-state index in [1.54, 1.807) is 0 Å². The number of aromatic nitrogens is 2. The van der Waals surface area contributed by atoms with Gasteiger partial charge in [-0.2, -0.15) is 0 Å². The molecule has 0 saturated carbocycles. The van der Waals surface area contributed by atoms with E-state index in [9.17, 15) is 19.1 Å². The Morgan fingerprint density at radius 2 is 2.29 bits per heavy atom. The molecule has 0 amide bonds. The standard InChI is InChI=1S/C9H11FN2O5/c10-8(15)7-4(13)3-6(17-7)12-2-1-5(14)11-9(12)16/h1-2,4,6-8,13,15H,3H2,(H,11,14,16)/t4-,6+,7-,8?/m0/s1/i10-1. The van der Waals surface area contributed by atoms with Gasteiger partial charge in [0.25, 0.3) is 5.56 Å². The molecule has 4 atom stereocenters. The van der Waals surface area contributed by atoms with Crippen molar-refractivity contribution in [2.45, 2.75) is 31.2 Å². The lowest BCUT2D eigenvalue weighted by molar-refractivity contribution is -0.130. The topological polar surface area (TPSA) is 105 Å². The number of halogens is 1. The van der Waals surface area contributed by atoms with Crippen molar-refractivity contribution in [3.8, 4) is 0 Å². The summed E-state index contributed by atoms with van der Waals surface area (Å²) < 4.78 is 18.7. The molecule has 0 spiro atoms. The van der Waals surface area contributed by atoms with E-state index in [4.69, 9.17) is 9.84 Å². The van der Waals surface area contributed by atoms with Gasteiger partial charge in [0.2, 0.25) is 6.36 Å². The number of nitrogens with one attached hydrogen (secondary N) is 1. The number of hydrogen-bond donors (Lipinski definition) is 3. The predicted molar refractivity (Wildman–Crippen MR) is 53.0 cm³/mol. The summed E-state index contributed by atoms with van der Waals surface area (Å²) in [4.78, 5) is 24.2. The fraction of sp³-hybridized carbons (Fsp3) is 0.556. The van der Waals surface area contributed by atoms with E-state index < -0.39 is 36.0 Å². The SMILES string of the molecule is O=c1ccn([C@H]2C[C@H](O)[C@@H](C(O)[18F])O2)c(=O)[nH]1. The summed E-state index contributed by atoms with van der Waals surface area (Å²) in [6.45, 7) is 0. The fourth-order valence-corrected chi connectivity index (χ4v) is 1.75. The molecule has 1 fully saturated rings. The molecule has 2 heterocycles. The number of nitrogens with zero attached hydrogens (tertiary/aromatic N) is 1. The Balaban J connectivity index is 2.26. The molecule has 0 aliphatic carbocycles. The smallest absolute Gasteiger partial charge is 0.330 e. The second-order valence-corrected chi connectivity index (χ2v) is 3.75. The van der Waals surface area contributed by atoms with Gasteiger partial charge >= 0.3 is 5.69 Å². The quantitative estimate of drug-likeness (QED) is 0.586. The van der Waals surface area contributed by atoms with Crippen LogP contribution >= 0.6 is 0 Å². The third-order valence-corrected chi connectivity index (χ3v) is 2.57. The van der Waals surface area contributed by atoms with Gasteiger partial charge in [-0.25, -0.2) is 9.18 Å². The molecule has 17 heavy (non-hydrogen) atoms. The lowest BCUT2D eigenvalue weighted by Crippen LogP contribution is -2.33. The van der Waals surface area contributed by atoms with Crippen molar-refractivity contribution < 1.29 is 19.3 Å². The van der Waals surface area contributed by atoms with Crippen LogP contribution in [0.25, 0.3) is 0 Å². The average Bonchev–Trinajstić information content (AvgIpc) is 2.60. The molecule has 0 bridgehead atoms. The zero-order chi connectivity index (χ0) is 12.6. The minimum Gasteiger partial charge on any atom is -0.390 e. The number of aliphatic hydroxyl groups is 2. The Morgan fingerprint density at radius 1 is 1.59 bits per heavy atom. The van der Waals surface area contributed by atoms with Crippen LogP contribution in [0.4, 0.5) is 4.39 Å². The molecule has 7 nitrogen and oxygen atoms in total. The second-order valence-electron chi connectivity index (χ2n) is 3.75. The molecule has 1 aromatic rings. The summed E-state index contributed by atoms with van der Waals surface area (Å²) in [5.41, 5.74) is -1.28. The highest BCUT2D eigenvalue weighted by Crippen LogP contribution is 2.29. The van der Waals surface area contributed by atoms with Crippen molar-refractivity contribution in [2.24, 2.45) is 0 Å². The number of aliphatic hydroxyl groups excluding tert-OH is 2. The van der Waals surface area contributed by atoms with Gasteiger partial charge < -0.3 is 14.9 Å². The Kier molecular flexibility index (Phi) is 3.09. The zero-order valence-electron chi connectivity index (χ0n) is 8.62. The van der Waals surface area contributed by atoms with Gasteiger partial charge in [-0.15, -0.1) is 0 Å². The van der Waals surface area contributed by atoms with E-state index in [0.717, 1.165) is 10.6 Å². The largest absolute Gasteiger partial charge is 0.390 e. The first-order chi connectivity index (χ1) is 7.99. The molecule has 8 heteroatoms. The van der Waals surface area contributed by atoms with Gasteiger partial charge in [0.15, 0.2) is 0 Å². The van der Waals surface area contributed by atoms with Gasteiger partial charge in [-0.05, 0) is 0 Å². The normalized spacial score (nSPS) is 30.4. The molecular weight excluding hydrogens is 234 g/mol. The lowest BCUT2D eigenvalue weighted by Gasteiger charge is -2.15. The first-order valence-corrected chi connectivity index (χ1v) is 4.96. The van der Waals surface area contributed by atoms with Crippen molar-refractivity contribution in [3.63, 3.8) is 0 Å². The van der Waals surface area contributed by atoms with E-state index in [1.165, 1.54) is 6.20 Å². The highest BCUT2D eigenvalue weighted by molar-refractivity contribution is 4.88. The van der Waals surface area contributed by atoms with Crippen LogP contribution in [0.15, 0.2) is 21.9 Å². The van der Waals surface area contributed by atoms with Crippen LogP contribution in [0.1, 0.15) is 12.6 Å². The van der Waals surface area contributed by atoms with Crippen LogP contribution in [-0.2, 0) is 4.74 Å². The Hall–Kier alpha value is -1.51.